The molecule has 0 radical (unpaired) electrons. The number of rotatable bonds is 6. The number of aromatic nitrogens is 2. The Kier molecular flexibility index (Phi) is 4.81. The SMILES string of the molecule is CCCc1nccn1Cc1ccc(/C(N)=N/O)c(OC)c1. The van der Waals surface area contributed by atoms with Crippen LogP contribution < -0.4 is 10.5 Å². The summed E-state index contributed by atoms with van der Waals surface area (Å²) in [4.78, 5) is 4.36. The van der Waals surface area contributed by atoms with Crippen LogP contribution in [-0.2, 0) is 13.0 Å². The van der Waals surface area contributed by atoms with E-state index in [4.69, 9.17) is 15.7 Å². The molecule has 1 aromatic carbocycles. The summed E-state index contributed by atoms with van der Waals surface area (Å²) in [7, 11) is 1.56. The highest BCUT2D eigenvalue weighted by atomic mass is 16.5. The third kappa shape index (κ3) is 3.34. The van der Waals surface area contributed by atoms with Gasteiger partial charge in [-0.05, 0) is 24.1 Å². The maximum atomic E-state index is 8.78. The Labute approximate surface area is 123 Å². The highest BCUT2D eigenvalue weighted by Crippen LogP contribution is 2.21. The molecule has 0 spiro atoms. The molecule has 1 heterocycles. The second-order valence-corrected chi connectivity index (χ2v) is 4.74. The average molecular weight is 288 g/mol. The Morgan fingerprint density at radius 2 is 2.29 bits per heavy atom. The molecule has 112 valence electrons. The van der Waals surface area contributed by atoms with E-state index in [1.165, 1.54) is 0 Å². The number of hydrogen-bond donors (Lipinski definition) is 2. The van der Waals surface area contributed by atoms with Crippen molar-refractivity contribution in [2.24, 2.45) is 10.9 Å². The minimum absolute atomic E-state index is 0.0349. The summed E-state index contributed by atoms with van der Waals surface area (Å²) in [5.74, 6) is 1.68. The Bertz CT molecular complexity index is 634. The van der Waals surface area contributed by atoms with Gasteiger partial charge in [-0.1, -0.05) is 18.1 Å². The monoisotopic (exact) mass is 288 g/mol. The van der Waals surface area contributed by atoms with E-state index in [1.807, 2.05) is 24.5 Å². The quantitative estimate of drug-likeness (QED) is 0.368. The summed E-state index contributed by atoms with van der Waals surface area (Å²) in [5, 5.41) is 11.8. The van der Waals surface area contributed by atoms with Gasteiger partial charge in [0.1, 0.15) is 11.6 Å². The maximum absolute atomic E-state index is 8.78. The average Bonchev–Trinajstić information content (AvgIpc) is 2.94. The van der Waals surface area contributed by atoms with E-state index in [0.29, 0.717) is 17.9 Å². The maximum Gasteiger partial charge on any atom is 0.173 e. The first-order valence-electron chi connectivity index (χ1n) is 6.84. The predicted molar refractivity (Wildman–Crippen MR) is 80.8 cm³/mol. The lowest BCUT2D eigenvalue weighted by molar-refractivity contribution is 0.318. The van der Waals surface area contributed by atoms with E-state index < -0.39 is 0 Å². The molecule has 0 bridgehead atoms. The summed E-state index contributed by atoms with van der Waals surface area (Å²) in [5.41, 5.74) is 7.26. The van der Waals surface area contributed by atoms with Crippen LogP contribution in [-0.4, -0.2) is 27.7 Å². The van der Waals surface area contributed by atoms with Crippen molar-refractivity contribution in [2.75, 3.05) is 7.11 Å². The normalized spacial score (nSPS) is 11.6. The van der Waals surface area contributed by atoms with Crippen molar-refractivity contribution < 1.29 is 9.94 Å². The fourth-order valence-electron chi connectivity index (χ4n) is 2.23. The van der Waals surface area contributed by atoms with E-state index in [-0.39, 0.29) is 5.84 Å². The fourth-order valence-corrected chi connectivity index (χ4v) is 2.23. The molecule has 2 rings (SSSR count). The molecule has 0 aliphatic carbocycles. The summed E-state index contributed by atoms with van der Waals surface area (Å²) >= 11 is 0. The number of methoxy groups -OCH3 is 1. The first-order valence-corrected chi connectivity index (χ1v) is 6.84. The molecule has 6 nitrogen and oxygen atoms in total. The molecular formula is C15H20N4O2. The molecule has 0 fully saturated rings. The molecule has 0 saturated carbocycles. The lowest BCUT2D eigenvalue weighted by atomic mass is 10.1. The standard InChI is InChI=1S/C15H20N4O2/c1-3-4-14-17-7-8-19(14)10-11-5-6-12(15(16)18-20)13(9-11)21-2/h5-9,20H,3-4,10H2,1-2H3,(H2,16,18). The number of benzene rings is 1. The number of ether oxygens (including phenoxy) is 1. The summed E-state index contributed by atoms with van der Waals surface area (Å²) in [6.45, 7) is 2.84. The molecule has 21 heavy (non-hydrogen) atoms. The smallest absolute Gasteiger partial charge is 0.173 e. The highest BCUT2D eigenvalue weighted by Gasteiger charge is 2.10. The van der Waals surface area contributed by atoms with Crippen LogP contribution in [0, 0.1) is 0 Å². The molecule has 0 unspecified atom stereocenters. The zero-order valence-electron chi connectivity index (χ0n) is 12.3. The molecule has 0 aliphatic rings. The number of hydrogen-bond acceptors (Lipinski definition) is 4. The Hall–Kier alpha value is -2.50. The van der Waals surface area contributed by atoms with Gasteiger partial charge in [-0.2, -0.15) is 0 Å². The van der Waals surface area contributed by atoms with Gasteiger partial charge >= 0.3 is 0 Å². The molecular weight excluding hydrogens is 268 g/mol. The summed E-state index contributed by atoms with van der Waals surface area (Å²) < 4.78 is 7.42. The van der Waals surface area contributed by atoms with Crippen LogP contribution in [0.25, 0.3) is 0 Å². The van der Waals surface area contributed by atoms with E-state index in [9.17, 15) is 0 Å². The van der Waals surface area contributed by atoms with Gasteiger partial charge in [0.15, 0.2) is 5.84 Å². The van der Waals surface area contributed by atoms with Gasteiger partial charge < -0.3 is 20.2 Å². The van der Waals surface area contributed by atoms with E-state index in [1.54, 1.807) is 13.2 Å². The molecule has 3 N–H and O–H groups in total. The second kappa shape index (κ2) is 6.78. The molecule has 0 amide bonds. The zero-order valence-corrected chi connectivity index (χ0v) is 12.3. The number of oxime groups is 1. The summed E-state index contributed by atoms with van der Waals surface area (Å²) in [6, 6.07) is 5.62. The van der Waals surface area contributed by atoms with Crippen molar-refractivity contribution in [1.29, 1.82) is 0 Å². The van der Waals surface area contributed by atoms with Crippen molar-refractivity contribution in [3.63, 3.8) is 0 Å². The van der Waals surface area contributed by atoms with Crippen LogP contribution in [0.1, 0.15) is 30.3 Å². The van der Waals surface area contributed by atoms with Crippen LogP contribution in [0.2, 0.25) is 0 Å². The minimum atomic E-state index is 0.0349. The number of nitrogens with two attached hydrogens (primary N) is 1. The highest BCUT2D eigenvalue weighted by molar-refractivity contribution is 5.99. The number of imidazole rings is 1. The number of aryl methyl sites for hydroxylation is 1. The van der Waals surface area contributed by atoms with E-state index in [0.717, 1.165) is 24.2 Å². The first kappa shape index (κ1) is 14.9. The Morgan fingerprint density at radius 3 is 2.95 bits per heavy atom. The van der Waals surface area contributed by atoms with Gasteiger partial charge in [-0.3, -0.25) is 0 Å². The molecule has 0 atom stereocenters. The van der Waals surface area contributed by atoms with Crippen LogP contribution in [0.3, 0.4) is 0 Å². The molecule has 1 aromatic heterocycles. The number of nitrogens with zero attached hydrogens (tertiary/aromatic N) is 3. The van der Waals surface area contributed by atoms with Crippen molar-refractivity contribution >= 4 is 5.84 Å². The number of amidine groups is 1. The first-order chi connectivity index (χ1) is 10.2. The van der Waals surface area contributed by atoms with E-state index >= 15 is 0 Å². The minimum Gasteiger partial charge on any atom is -0.496 e. The Morgan fingerprint density at radius 1 is 1.48 bits per heavy atom. The largest absolute Gasteiger partial charge is 0.496 e. The van der Waals surface area contributed by atoms with Crippen LogP contribution in [0.4, 0.5) is 0 Å². The van der Waals surface area contributed by atoms with Crippen molar-refractivity contribution in [2.45, 2.75) is 26.3 Å². The van der Waals surface area contributed by atoms with Gasteiger partial charge in [0.2, 0.25) is 0 Å². The van der Waals surface area contributed by atoms with Crippen LogP contribution in [0.15, 0.2) is 35.7 Å². The van der Waals surface area contributed by atoms with Gasteiger partial charge in [-0.25, -0.2) is 4.98 Å². The van der Waals surface area contributed by atoms with Crippen molar-refractivity contribution in [3.05, 3.63) is 47.5 Å². The van der Waals surface area contributed by atoms with Gasteiger partial charge in [0.25, 0.3) is 0 Å². The topological polar surface area (TPSA) is 85.7 Å². The van der Waals surface area contributed by atoms with Crippen LogP contribution >= 0.6 is 0 Å². The van der Waals surface area contributed by atoms with Crippen LogP contribution in [0.5, 0.6) is 5.75 Å². The zero-order chi connectivity index (χ0) is 15.2. The van der Waals surface area contributed by atoms with E-state index in [2.05, 4.69) is 21.6 Å². The molecule has 0 saturated heterocycles. The second-order valence-electron chi connectivity index (χ2n) is 4.74. The lowest BCUT2D eigenvalue weighted by Crippen LogP contribution is -2.14. The molecule has 2 aromatic rings. The van der Waals surface area contributed by atoms with Gasteiger partial charge in [-0.15, -0.1) is 0 Å². The van der Waals surface area contributed by atoms with Crippen molar-refractivity contribution in [3.8, 4) is 5.75 Å². The lowest BCUT2D eigenvalue weighted by Gasteiger charge is -2.11. The van der Waals surface area contributed by atoms with Gasteiger partial charge in [0.05, 0.1) is 12.7 Å². The Balaban J connectivity index is 2.27. The molecule has 6 heteroatoms. The third-order valence-corrected chi connectivity index (χ3v) is 3.28. The third-order valence-electron chi connectivity index (χ3n) is 3.28. The summed E-state index contributed by atoms with van der Waals surface area (Å²) in [6.07, 6.45) is 5.79. The fraction of sp³-hybridized carbons (Fsp3) is 0.333. The predicted octanol–water partition coefficient (Wildman–Crippen LogP) is 1.99. The van der Waals surface area contributed by atoms with Gasteiger partial charge in [0, 0.05) is 25.4 Å². The molecule has 0 aliphatic heterocycles. The van der Waals surface area contributed by atoms with Crippen molar-refractivity contribution in [1.82, 2.24) is 9.55 Å².